The van der Waals surface area contributed by atoms with Crippen molar-refractivity contribution in [2.24, 2.45) is 0 Å². The zero-order valence-corrected chi connectivity index (χ0v) is 21.6. The quantitative estimate of drug-likeness (QED) is 0.215. The van der Waals surface area contributed by atoms with Crippen molar-refractivity contribution < 1.29 is 27.5 Å². The Morgan fingerprint density at radius 1 is 1.00 bits per heavy atom. The largest absolute Gasteiger partial charge is 0.439 e. The van der Waals surface area contributed by atoms with Crippen LogP contribution in [-0.4, -0.2) is 31.1 Å². The number of pyridine rings is 1. The van der Waals surface area contributed by atoms with Gasteiger partial charge in [-0.1, -0.05) is 23.2 Å². The fraction of sp³-hybridized carbons (Fsp3) is 0.280. The van der Waals surface area contributed by atoms with Gasteiger partial charge < -0.3 is 9.64 Å². The lowest BCUT2D eigenvalue weighted by Crippen LogP contribution is -2.51. The van der Waals surface area contributed by atoms with E-state index >= 15 is 0 Å². The Morgan fingerprint density at radius 3 is 2.19 bits per heavy atom. The number of aromatic nitrogens is 1. The molecule has 0 aliphatic heterocycles. The number of halogens is 5. The number of quaternary nitrogens is 1. The van der Waals surface area contributed by atoms with E-state index in [1.54, 1.807) is 51.2 Å². The normalized spacial score (nSPS) is 11.8. The van der Waals surface area contributed by atoms with Crippen molar-refractivity contribution in [3.05, 3.63) is 70.3 Å². The van der Waals surface area contributed by atoms with E-state index in [2.05, 4.69) is 4.98 Å². The monoisotopic (exact) mass is 542 g/mol. The van der Waals surface area contributed by atoms with Gasteiger partial charge in [-0.2, -0.15) is 13.2 Å². The smallest absolute Gasteiger partial charge is 0.422 e. The topological polar surface area (TPSA) is 51.7 Å². The number of rotatable bonds is 8. The van der Waals surface area contributed by atoms with Gasteiger partial charge in [-0.15, -0.1) is 4.65 Å². The molecule has 0 aliphatic rings. The molecule has 0 atom stereocenters. The van der Waals surface area contributed by atoms with Gasteiger partial charge in [0.15, 0.2) is 5.69 Å². The number of hydrogen-bond acceptors (Lipinski definition) is 5. The molecule has 11 heteroatoms. The van der Waals surface area contributed by atoms with Gasteiger partial charge in [0.2, 0.25) is 5.88 Å². The molecule has 0 unspecified atom stereocenters. The average Bonchev–Trinajstić information content (AvgIpc) is 2.83. The first-order valence-electron chi connectivity index (χ1n) is 11.0. The molecule has 3 aromatic rings. The van der Waals surface area contributed by atoms with E-state index in [4.69, 9.17) is 32.8 Å². The van der Waals surface area contributed by atoms with Crippen LogP contribution in [-0.2, 0) is 15.8 Å². The Morgan fingerprint density at radius 2 is 1.67 bits per heavy atom. The predicted molar refractivity (Wildman–Crippen MR) is 135 cm³/mol. The van der Waals surface area contributed by atoms with Gasteiger partial charge in [0, 0.05) is 31.8 Å². The van der Waals surface area contributed by atoms with Crippen LogP contribution in [0.25, 0.3) is 0 Å². The van der Waals surface area contributed by atoms with Crippen molar-refractivity contribution in [3.8, 4) is 11.6 Å². The van der Waals surface area contributed by atoms with Crippen molar-refractivity contribution in [3.63, 3.8) is 0 Å². The first kappa shape index (κ1) is 27.6. The lowest BCUT2D eigenvalue weighted by molar-refractivity contribution is -0.184. The van der Waals surface area contributed by atoms with E-state index < -0.39 is 22.4 Å². The van der Waals surface area contributed by atoms with E-state index in [0.717, 1.165) is 18.7 Å². The number of hydrogen-bond donors (Lipinski definition) is 0. The number of carbonyl (C=O) groups is 1. The molecule has 0 bridgehead atoms. The summed E-state index contributed by atoms with van der Waals surface area (Å²) in [5.41, 5.74) is 0.329. The van der Waals surface area contributed by atoms with E-state index in [1.165, 1.54) is 18.3 Å². The molecular formula is C25H25Cl2F3N3O3+. The molecule has 0 spiro atoms. The van der Waals surface area contributed by atoms with Crippen molar-refractivity contribution in [1.29, 1.82) is 0 Å². The first-order chi connectivity index (χ1) is 16.9. The Bertz CT molecular complexity index is 1230. The predicted octanol–water partition coefficient (Wildman–Crippen LogP) is 7.79. The van der Waals surface area contributed by atoms with Gasteiger partial charge in [0.05, 0.1) is 21.9 Å². The van der Waals surface area contributed by atoms with Crippen LogP contribution < -0.4 is 14.3 Å². The number of anilines is 2. The third kappa shape index (κ3) is 6.03. The minimum Gasteiger partial charge on any atom is -0.439 e. The van der Waals surface area contributed by atoms with Gasteiger partial charge in [-0.3, -0.25) is 4.84 Å². The maximum absolute atomic E-state index is 14.0. The lowest BCUT2D eigenvalue weighted by atomic mass is 10.1. The van der Waals surface area contributed by atoms with Crippen LogP contribution in [0.3, 0.4) is 0 Å². The maximum atomic E-state index is 14.0. The van der Waals surface area contributed by atoms with Crippen LogP contribution >= 0.6 is 23.2 Å². The molecule has 1 heterocycles. The third-order valence-corrected chi connectivity index (χ3v) is 6.40. The van der Waals surface area contributed by atoms with Gasteiger partial charge >= 0.3 is 12.1 Å². The summed E-state index contributed by atoms with van der Waals surface area (Å²) in [5.74, 6) is -0.631. The van der Waals surface area contributed by atoms with Gasteiger partial charge in [0.25, 0.3) is 0 Å². The maximum Gasteiger partial charge on any atom is 0.422 e. The summed E-state index contributed by atoms with van der Waals surface area (Å²) in [5, 5.41) is 0.835. The minimum atomic E-state index is -4.71. The summed E-state index contributed by atoms with van der Waals surface area (Å²) < 4.78 is 47.1. The average molecular weight is 543 g/mol. The zero-order valence-electron chi connectivity index (χ0n) is 20.1. The van der Waals surface area contributed by atoms with Crippen LogP contribution in [0.4, 0.5) is 30.2 Å². The van der Waals surface area contributed by atoms with Gasteiger partial charge in [-0.05, 0) is 50.2 Å². The van der Waals surface area contributed by atoms with Crippen LogP contribution in [0.5, 0.6) is 11.6 Å². The molecule has 0 radical (unpaired) electrons. The van der Waals surface area contributed by atoms with Crippen LogP contribution in [0.2, 0.25) is 10.0 Å². The summed E-state index contributed by atoms with van der Waals surface area (Å²) in [6.45, 7) is 4.70. The molecule has 0 aliphatic carbocycles. The highest BCUT2D eigenvalue weighted by molar-refractivity contribution is 6.42. The summed E-state index contributed by atoms with van der Waals surface area (Å²) in [7, 11) is 1.81. The summed E-state index contributed by atoms with van der Waals surface area (Å²) in [6, 6.07) is 12.0. The molecule has 0 fully saturated rings. The van der Waals surface area contributed by atoms with Crippen molar-refractivity contribution in [2.45, 2.75) is 26.9 Å². The fourth-order valence-electron chi connectivity index (χ4n) is 3.74. The summed E-state index contributed by atoms with van der Waals surface area (Å²) in [6.07, 6.45) is -3.18. The van der Waals surface area contributed by atoms with Crippen LogP contribution in [0.1, 0.15) is 26.3 Å². The lowest BCUT2D eigenvalue weighted by Gasteiger charge is -2.33. The Kier molecular flexibility index (Phi) is 8.38. The van der Waals surface area contributed by atoms with E-state index in [0.29, 0.717) is 15.7 Å². The molecular weight excluding hydrogens is 518 g/mol. The number of alkyl halides is 3. The van der Waals surface area contributed by atoms with E-state index in [-0.39, 0.29) is 30.4 Å². The molecule has 6 nitrogen and oxygen atoms in total. The Hall–Kier alpha value is -3.01. The molecule has 2 aromatic carbocycles. The van der Waals surface area contributed by atoms with Crippen molar-refractivity contribution >= 4 is 46.2 Å². The first-order valence-corrected chi connectivity index (χ1v) is 11.8. The molecule has 1 aromatic heterocycles. The van der Waals surface area contributed by atoms with Gasteiger partial charge in [0.1, 0.15) is 24.4 Å². The SMILES string of the molecule is CC[N+](CC)(OC(C)=O)c1ccc(Oc2ccc(N(C)c3ccc(Cl)c(Cl)c3)cn2)cc1C(F)(F)F. The minimum absolute atomic E-state index is 0.0581. The molecule has 192 valence electrons. The van der Waals surface area contributed by atoms with Gasteiger partial charge in [-0.25, -0.2) is 9.78 Å². The van der Waals surface area contributed by atoms with Crippen molar-refractivity contribution in [1.82, 2.24) is 9.63 Å². The van der Waals surface area contributed by atoms with Crippen molar-refractivity contribution in [2.75, 3.05) is 25.0 Å². The number of hydroxylamine groups is 2. The molecule has 3 rings (SSSR count). The highest BCUT2D eigenvalue weighted by Gasteiger charge is 2.44. The number of nitrogens with zero attached hydrogens (tertiary/aromatic N) is 3. The zero-order chi connectivity index (χ0) is 26.7. The summed E-state index contributed by atoms with van der Waals surface area (Å²) >= 11 is 12.1. The molecule has 0 saturated heterocycles. The summed E-state index contributed by atoms with van der Waals surface area (Å²) in [4.78, 5) is 23.0. The highest BCUT2D eigenvalue weighted by Crippen LogP contribution is 2.42. The van der Waals surface area contributed by atoms with Crippen LogP contribution in [0, 0.1) is 0 Å². The second-order valence-corrected chi connectivity index (χ2v) is 8.71. The molecule has 0 N–H and O–H groups in total. The Balaban J connectivity index is 1.90. The number of carbonyl (C=O) groups excluding carboxylic acids is 1. The molecule has 0 saturated carbocycles. The fourth-order valence-corrected chi connectivity index (χ4v) is 4.04. The van der Waals surface area contributed by atoms with E-state index in [1.807, 2.05) is 4.90 Å². The Labute approximate surface area is 217 Å². The number of ether oxygens (including phenoxy) is 1. The highest BCUT2D eigenvalue weighted by atomic mass is 35.5. The van der Waals surface area contributed by atoms with Crippen LogP contribution in [0.15, 0.2) is 54.7 Å². The third-order valence-electron chi connectivity index (χ3n) is 5.66. The standard InChI is InChI=1S/C25H25Cl2F3N3O3/c1-5-33(6-2,36-16(3)34)23-11-9-19(14-20(23)25(28,29)30)35-24-12-8-18(15-31-24)32(4)17-7-10-21(26)22(27)13-17/h7-15H,5-6H2,1-4H3/q+1. The molecule has 0 amide bonds. The second-order valence-electron chi connectivity index (χ2n) is 7.90. The number of benzene rings is 2. The van der Waals surface area contributed by atoms with E-state index in [9.17, 15) is 18.0 Å². The molecule has 36 heavy (non-hydrogen) atoms. The second kappa shape index (κ2) is 10.9.